The molecule has 1 fully saturated rings. The van der Waals surface area contributed by atoms with E-state index >= 15 is 0 Å². The van der Waals surface area contributed by atoms with Crippen molar-refractivity contribution in [1.29, 1.82) is 0 Å². The summed E-state index contributed by atoms with van der Waals surface area (Å²) in [7, 11) is 1.81. The van der Waals surface area contributed by atoms with Gasteiger partial charge in [-0.15, -0.1) is 0 Å². The Hall–Kier alpha value is -0.420. The van der Waals surface area contributed by atoms with Crippen molar-refractivity contribution in [2.75, 3.05) is 20.2 Å². The monoisotopic (exact) mass is 268 g/mol. The second kappa shape index (κ2) is 6.66. The van der Waals surface area contributed by atoms with Crippen LogP contribution in [-0.4, -0.2) is 37.2 Å². The van der Waals surface area contributed by atoms with E-state index in [0.717, 1.165) is 19.5 Å². The lowest BCUT2D eigenvalue weighted by Gasteiger charge is -2.40. The van der Waals surface area contributed by atoms with Crippen molar-refractivity contribution in [2.45, 2.75) is 44.4 Å². The summed E-state index contributed by atoms with van der Waals surface area (Å²) in [4.78, 5) is 2.51. The lowest BCUT2D eigenvalue weighted by atomic mass is 9.95. The second-order valence-electron chi connectivity index (χ2n) is 5.07. The first-order valence-electron chi connectivity index (χ1n) is 6.80. The first kappa shape index (κ1) is 14.0. The van der Waals surface area contributed by atoms with Gasteiger partial charge in [0.25, 0.3) is 0 Å². The van der Waals surface area contributed by atoms with E-state index in [2.05, 4.69) is 28.7 Å². The van der Waals surface area contributed by atoms with Gasteiger partial charge in [0.2, 0.25) is 0 Å². The minimum Gasteiger partial charge on any atom is -0.380 e. The van der Waals surface area contributed by atoms with E-state index in [1.54, 1.807) is 11.3 Å². The smallest absolute Gasteiger partial charge is 0.0698 e. The molecular formula is C14H24N2OS. The van der Waals surface area contributed by atoms with Crippen LogP contribution in [0.5, 0.6) is 0 Å². The van der Waals surface area contributed by atoms with Gasteiger partial charge < -0.3 is 10.5 Å². The van der Waals surface area contributed by atoms with Crippen molar-refractivity contribution < 1.29 is 4.74 Å². The van der Waals surface area contributed by atoms with E-state index in [1.807, 2.05) is 7.11 Å². The van der Waals surface area contributed by atoms with Crippen LogP contribution in [0.25, 0.3) is 0 Å². The van der Waals surface area contributed by atoms with Crippen LogP contribution in [0.3, 0.4) is 0 Å². The van der Waals surface area contributed by atoms with Crippen LogP contribution in [0.4, 0.5) is 0 Å². The lowest BCUT2D eigenvalue weighted by Crippen LogP contribution is -2.47. The van der Waals surface area contributed by atoms with Crippen LogP contribution >= 0.6 is 11.3 Å². The molecule has 0 radical (unpaired) electrons. The van der Waals surface area contributed by atoms with Gasteiger partial charge in [-0.3, -0.25) is 4.90 Å². The number of nitrogens with zero attached hydrogens (tertiary/aromatic N) is 1. The molecule has 3 unspecified atom stereocenters. The van der Waals surface area contributed by atoms with E-state index in [9.17, 15) is 0 Å². The Kier molecular flexibility index (Phi) is 5.18. The first-order chi connectivity index (χ1) is 8.76. The molecule has 0 saturated carbocycles. The van der Waals surface area contributed by atoms with Crippen molar-refractivity contribution >= 4 is 11.3 Å². The molecule has 0 spiro atoms. The highest BCUT2D eigenvalue weighted by Crippen LogP contribution is 2.30. The molecule has 0 bridgehead atoms. The Morgan fingerprint density at radius 3 is 3.06 bits per heavy atom. The number of methoxy groups -OCH3 is 1. The number of hydrogen-bond donors (Lipinski definition) is 1. The van der Waals surface area contributed by atoms with Crippen LogP contribution in [0.1, 0.15) is 37.8 Å². The highest BCUT2D eigenvalue weighted by Gasteiger charge is 2.30. The molecule has 0 amide bonds. The highest BCUT2D eigenvalue weighted by molar-refractivity contribution is 7.07. The average molecular weight is 268 g/mol. The Bertz CT molecular complexity index is 342. The van der Waals surface area contributed by atoms with E-state index in [0.29, 0.717) is 12.1 Å². The highest BCUT2D eigenvalue weighted by atomic mass is 32.1. The molecule has 18 heavy (non-hydrogen) atoms. The molecule has 1 aliphatic heterocycles. The zero-order valence-electron chi connectivity index (χ0n) is 11.3. The third kappa shape index (κ3) is 3.12. The third-order valence-electron chi connectivity index (χ3n) is 3.90. The number of ether oxygens (including phenoxy) is 1. The Labute approximate surface area is 114 Å². The van der Waals surface area contributed by atoms with Gasteiger partial charge in [0.05, 0.1) is 12.1 Å². The second-order valence-corrected chi connectivity index (χ2v) is 5.85. The topological polar surface area (TPSA) is 38.5 Å². The average Bonchev–Trinajstić information content (AvgIpc) is 2.93. The van der Waals surface area contributed by atoms with Gasteiger partial charge in [-0.2, -0.15) is 11.3 Å². The van der Waals surface area contributed by atoms with Crippen molar-refractivity contribution in [1.82, 2.24) is 4.90 Å². The Morgan fingerprint density at radius 2 is 2.44 bits per heavy atom. The fourth-order valence-electron chi connectivity index (χ4n) is 2.81. The minimum atomic E-state index is 0.204. The van der Waals surface area contributed by atoms with Crippen LogP contribution in [0, 0.1) is 0 Å². The van der Waals surface area contributed by atoms with Crippen LogP contribution in [0.2, 0.25) is 0 Å². The fraction of sp³-hybridized carbons (Fsp3) is 0.714. The van der Waals surface area contributed by atoms with Gasteiger partial charge in [0, 0.05) is 19.7 Å². The zero-order valence-corrected chi connectivity index (χ0v) is 12.2. The van der Waals surface area contributed by atoms with E-state index in [-0.39, 0.29) is 6.04 Å². The molecule has 1 aromatic rings. The van der Waals surface area contributed by atoms with Gasteiger partial charge in [0.1, 0.15) is 0 Å². The van der Waals surface area contributed by atoms with Crippen LogP contribution in [-0.2, 0) is 4.74 Å². The maximum atomic E-state index is 6.35. The molecule has 1 aromatic heterocycles. The summed E-state index contributed by atoms with van der Waals surface area (Å²) in [6.07, 6.45) is 3.75. The summed E-state index contributed by atoms with van der Waals surface area (Å²) in [6.45, 7) is 4.31. The number of nitrogens with two attached hydrogens (primary N) is 1. The summed E-state index contributed by atoms with van der Waals surface area (Å²) in [5.74, 6) is 0. The summed E-state index contributed by atoms with van der Waals surface area (Å²) < 4.78 is 5.52. The van der Waals surface area contributed by atoms with E-state index in [1.165, 1.54) is 18.4 Å². The normalized spacial score (nSPS) is 24.9. The van der Waals surface area contributed by atoms with E-state index in [4.69, 9.17) is 10.5 Å². The molecular weight excluding hydrogens is 244 g/mol. The van der Waals surface area contributed by atoms with Crippen molar-refractivity contribution in [2.24, 2.45) is 5.73 Å². The standard InChI is InChI=1S/C14H24N2OS/c1-3-13(15)14(11-6-8-18-10-11)16-7-4-5-12(9-16)17-2/h6,8,10,12-14H,3-5,7,9,15H2,1-2H3. The van der Waals surface area contributed by atoms with Crippen LogP contribution in [0.15, 0.2) is 16.8 Å². The molecule has 4 heteroatoms. The number of likely N-dealkylation sites (tertiary alicyclic amines) is 1. The Morgan fingerprint density at radius 1 is 1.61 bits per heavy atom. The summed E-state index contributed by atoms with van der Waals surface area (Å²) in [6, 6.07) is 2.76. The number of hydrogen-bond acceptors (Lipinski definition) is 4. The molecule has 0 aromatic carbocycles. The molecule has 2 heterocycles. The fourth-order valence-corrected chi connectivity index (χ4v) is 3.50. The summed E-state index contributed by atoms with van der Waals surface area (Å²) in [5, 5.41) is 4.37. The van der Waals surface area contributed by atoms with Gasteiger partial charge in [-0.25, -0.2) is 0 Å². The predicted molar refractivity (Wildman–Crippen MR) is 76.9 cm³/mol. The molecule has 3 atom stereocenters. The summed E-state index contributed by atoms with van der Waals surface area (Å²) >= 11 is 1.75. The molecule has 2 N–H and O–H groups in total. The molecule has 3 nitrogen and oxygen atoms in total. The first-order valence-corrected chi connectivity index (χ1v) is 7.75. The molecule has 0 aliphatic carbocycles. The van der Waals surface area contributed by atoms with Gasteiger partial charge in [0.15, 0.2) is 0 Å². The summed E-state index contributed by atoms with van der Waals surface area (Å²) in [5.41, 5.74) is 7.72. The predicted octanol–water partition coefficient (Wildman–Crippen LogP) is 2.64. The van der Waals surface area contributed by atoms with Gasteiger partial charge >= 0.3 is 0 Å². The van der Waals surface area contributed by atoms with Gasteiger partial charge in [-0.05, 0) is 48.2 Å². The molecule has 102 valence electrons. The zero-order chi connectivity index (χ0) is 13.0. The minimum absolute atomic E-state index is 0.204. The SMILES string of the molecule is CCC(N)C(c1ccsc1)N1CCCC(OC)C1. The van der Waals surface area contributed by atoms with Crippen molar-refractivity contribution in [3.63, 3.8) is 0 Å². The van der Waals surface area contributed by atoms with Crippen molar-refractivity contribution in [3.05, 3.63) is 22.4 Å². The molecule has 2 rings (SSSR count). The number of thiophene rings is 1. The quantitative estimate of drug-likeness (QED) is 0.892. The van der Waals surface area contributed by atoms with Crippen molar-refractivity contribution in [3.8, 4) is 0 Å². The van der Waals surface area contributed by atoms with Crippen LogP contribution < -0.4 is 5.73 Å². The lowest BCUT2D eigenvalue weighted by molar-refractivity contribution is 0.00908. The molecule has 1 aliphatic rings. The Balaban J connectivity index is 2.13. The third-order valence-corrected chi connectivity index (χ3v) is 4.60. The van der Waals surface area contributed by atoms with E-state index < -0.39 is 0 Å². The number of rotatable bonds is 5. The largest absolute Gasteiger partial charge is 0.380 e. The number of piperidine rings is 1. The maximum absolute atomic E-state index is 6.35. The maximum Gasteiger partial charge on any atom is 0.0698 e. The molecule has 1 saturated heterocycles. The van der Waals surface area contributed by atoms with Gasteiger partial charge in [-0.1, -0.05) is 6.92 Å².